The van der Waals surface area contributed by atoms with E-state index in [-0.39, 0.29) is 0 Å². The molecule has 5 aliphatic rings. The lowest BCUT2D eigenvalue weighted by atomic mass is 9.95. The van der Waals surface area contributed by atoms with E-state index in [9.17, 15) is 14.4 Å². The predicted molar refractivity (Wildman–Crippen MR) is 227 cm³/mol. The molecule has 0 spiro atoms. The Labute approximate surface area is 329 Å². The summed E-state index contributed by atoms with van der Waals surface area (Å²) in [7, 11) is 0. The smallest absolute Gasteiger partial charge is 0.133 e. The summed E-state index contributed by atoms with van der Waals surface area (Å²) in [6.07, 6.45) is 48.4. The fraction of sp³-hybridized carbons (Fsp3) is 0.900. The Kier molecular flexibility index (Phi) is 25.3. The maximum Gasteiger partial charge on any atom is 0.133 e. The molecule has 0 aromatic heterocycles. The van der Waals surface area contributed by atoms with Crippen molar-refractivity contribution < 1.29 is 14.4 Å². The maximum absolute atomic E-state index is 11.9. The molecule has 0 amide bonds. The topological polar surface area (TPSA) is 51.2 Å². The molecule has 7 atom stereocenters. The Morgan fingerprint density at radius 1 is 0.396 bits per heavy atom. The van der Waals surface area contributed by atoms with Crippen LogP contribution < -0.4 is 0 Å². The number of allylic oxidation sites excluding steroid dienone is 2. The van der Waals surface area contributed by atoms with Crippen LogP contribution in [0.15, 0.2) is 12.2 Å². The van der Waals surface area contributed by atoms with Gasteiger partial charge in [0.05, 0.1) is 0 Å². The van der Waals surface area contributed by atoms with Gasteiger partial charge in [0.15, 0.2) is 0 Å². The van der Waals surface area contributed by atoms with Crippen molar-refractivity contribution in [1.82, 2.24) is 0 Å². The van der Waals surface area contributed by atoms with Gasteiger partial charge in [0.2, 0.25) is 0 Å². The molecule has 0 radical (unpaired) electrons. The lowest BCUT2D eigenvalue weighted by Gasteiger charge is -2.10. The molecule has 3 heteroatoms. The number of Topliss-reactive ketones (excluding diaryl/α,β-unsaturated/α-hetero) is 3. The van der Waals surface area contributed by atoms with Crippen molar-refractivity contribution in [1.29, 1.82) is 0 Å². The first-order valence-electron chi connectivity index (χ1n) is 24.0. The van der Waals surface area contributed by atoms with E-state index in [0.717, 1.165) is 87.9 Å². The Hall–Kier alpha value is -1.25. The summed E-state index contributed by atoms with van der Waals surface area (Å²) in [5.74, 6) is 7.20. The van der Waals surface area contributed by atoms with Crippen molar-refractivity contribution in [2.24, 2.45) is 41.4 Å². The van der Waals surface area contributed by atoms with E-state index in [1.165, 1.54) is 161 Å². The summed E-state index contributed by atoms with van der Waals surface area (Å²) < 4.78 is 0. The summed E-state index contributed by atoms with van der Waals surface area (Å²) in [4.78, 5) is 35.5. The van der Waals surface area contributed by atoms with Crippen molar-refractivity contribution in [2.75, 3.05) is 0 Å². The highest BCUT2D eigenvalue weighted by atomic mass is 16.1. The quantitative estimate of drug-likeness (QED) is 0.233. The zero-order valence-electron chi connectivity index (χ0n) is 35.7. The molecule has 0 aromatic rings. The minimum absolute atomic E-state index is 0.473. The van der Waals surface area contributed by atoms with E-state index < -0.39 is 0 Å². The summed E-state index contributed by atoms with van der Waals surface area (Å²) in [5, 5.41) is 0. The number of fused-ring (bicyclic) bond motifs is 2. The van der Waals surface area contributed by atoms with Crippen LogP contribution in [0, 0.1) is 41.4 Å². The van der Waals surface area contributed by atoms with Crippen molar-refractivity contribution >= 4 is 17.3 Å². The second-order valence-electron chi connectivity index (χ2n) is 19.2. The van der Waals surface area contributed by atoms with Gasteiger partial charge in [0, 0.05) is 38.5 Å². The van der Waals surface area contributed by atoms with Crippen LogP contribution >= 0.6 is 0 Å². The molecule has 7 unspecified atom stereocenters. The van der Waals surface area contributed by atoms with Gasteiger partial charge in [-0.2, -0.15) is 0 Å². The van der Waals surface area contributed by atoms with Crippen LogP contribution in [-0.4, -0.2) is 17.3 Å². The minimum atomic E-state index is 0.473. The molecule has 0 bridgehead atoms. The molecule has 53 heavy (non-hydrogen) atoms. The summed E-state index contributed by atoms with van der Waals surface area (Å²) in [6.45, 7) is 6.78. The molecule has 0 heterocycles. The Balaban J connectivity index is 0.000000214. The van der Waals surface area contributed by atoms with Gasteiger partial charge in [-0.15, -0.1) is 0 Å². The zero-order chi connectivity index (χ0) is 37.9. The molecule has 0 saturated heterocycles. The van der Waals surface area contributed by atoms with E-state index >= 15 is 0 Å². The molecule has 306 valence electrons. The number of rotatable bonds is 0. The Morgan fingerprint density at radius 2 is 0.830 bits per heavy atom. The fourth-order valence-electron chi connectivity index (χ4n) is 9.85. The van der Waals surface area contributed by atoms with Gasteiger partial charge in [0.25, 0.3) is 0 Å². The van der Waals surface area contributed by atoms with E-state index in [4.69, 9.17) is 0 Å². The monoisotopic (exact) mass is 737 g/mol. The Bertz CT molecular complexity index is 997. The van der Waals surface area contributed by atoms with Crippen molar-refractivity contribution in [3.05, 3.63) is 12.2 Å². The van der Waals surface area contributed by atoms with Crippen LogP contribution in [0.5, 0.6) is 0 Å². The first-order chi connectivity index (χ1) is 25.8. The first-order valence-corrected chi connectivity index (χ1v) is 24.0. The molecule has 4 saturated carbocycles. The lowest BCUT2D eigenvalue weighted by Crippen LogP contribution is -2.08. The van der Waals surface area contributed by atoms with Crippen LogP contribution in [0.2, 0.25) is 0 Å². The van der Waals surface area contributed by atoms with Crippen LogP contribution in [0.25, 0.3) is 0 Å². The van der Waals surface area contributed by atoms with Gasteiger partial charge in [-0.25, -0.2) is 0 Å². The van der Waals surface area contributed by atoms with Crippen molar-refractivity contribution in [3.63, 3.8) is 0 Å². The number of hydrogen-bond acceptors (Lipinski definition) is 3. The third-order valence-corrected chi connectivity index (χ3v) is 13.5. The average Bonchev–Trinajstić information content (AvgIpc) is 4.05. The first kappa shape index (κ1) is 46.1. The molecule has 3 nitrogen and oxygen atoms in total. The lowest BCUT2D eigenvalue weighted by molar-refractivity contribution is -0.121. The molecule has 5 aliphatic carbocycles. The standard InChI is InChI=1S/2C17H30O.C16H28O/c1-14-11-16-13-15(16)9-7-5-3-2-4-6-8-10-17(18)12-14;1-14-12-16(18)11-9-7-5-3-2-4-6-8-10-15-13-17(14)15;1-15-12-10-8-6-4-2-3-5-7-9-11-13-16(17)14-15/h14-16H,2-13H2,1H3;14-15,17H,2-13H2,1H3;8,10,15H,2-7,9,11-14H2,1H3. The fourth-order valence-corrected chi connectivity index (χ4v) is 9.85. The van der Waals surface area contributed by atoms with Gasteiger partial charge >= 0.3 is 0 Å². The summed E-state index contributed by atoms with van der Waals surface area (Å²) in [6, 6.07) is 0. The van der Waals surface area contributed by atoms with Gasteiger partial charge in [0.1, 0.15) is 17.3 Å². The third-order valence-electron chi connectivity index (χ3n) is 13.5. The Morgan fingerprint density at radius 3 is 1.38 bits per heavy atom. The molecular formula is C50H88O3. The number of hydrogen-bond donors (Lipinski definition) is 0. The number of ketones is 3. The highest BCUT2D eigenvalue weighted by Gasteiger charge is 2.40. The number of carbonyl (C=O) groups is 3. The molecule has 0 N–H and O–H groups in total. The van der Waals surface area contributed by atoms with Crippen molar-refractivity contribution in [2.45, 2.75) is 245 Å². The van der Waals surface area contributed by atoms with Crippen LogP contribution in [0.3, 0.4) is 0 Å². The largest absolute Gasteiger partial charge is 0.300 e. The van der Waals surface area contributed by atoms with E-state index in [1.807, 2.05) is 0 Å². The highest BCUT2D eigenvalue weighted by molar-refractivity contribution is 5.79. The summed E-state index contributed by atoms with van der Waals surface area (Å²) in [5.41, 5.74) is 0. The van der Waals surface area contributed by atoms with Crippen LogP contribution in [0.4, 0.5) is 0 Å². The third kappa shape index (κ3) is 24.1. The highest BCUT2D eigenvalue weighted by Crippen LogP contribution is 2.49. The second-order valence-corrected chi connectivity index (χ2v) is 19.2. The van der Waals surface area contributed by atoms with E-state index in [0.29, 0.717) is 35.1 Å². The second kappa shape index (κ2) is 29.1. The predicted octanol–water partition coefficient (Wildman–Crippen LogP) is 15.3. The molecule has 0 aliphatic heterocycles. The van der Waals surface area contributed by atoms with Gasteiger partial charge < -0.3 is 0 Å². The normalized spacial score (nSPS) is 33.0. The maximum atomic E-state index is 11.9. The summed E-state index contributed by atoms with van der Waals surface area (Å²) >= 11 is 0. The molecule has 0 aromatic carbocycles. The molecular weight excluding hydrogens is 649 g/mol. The van der Waals surface area contributed by atoms with Gasteiger partial charge in [-0.05, 0) is 99.2 Å². The van der Waals surface area contributed by atoms with Crippen LogP contribution in [-0.2, 0) is 14.4 Å². The van der Waals surface area contributed by atoms with Crippen molar-refractivity contribution in [3.8, 4) is 0 Å². The molecule has 5 rings (SSSR count). The van der Waals surface area contributed by atoms with Gasteiger partial charge in [-0.3, -0.25) is 14.4 Å². The number of carbonyl (C=O) groups excluding carboxylic acids is 3. The van der Waals surface area contributed by atoms with Gasteiger partial charge in [-0.1, -0.05) is 161 Å². The minimum Gasteiger partial charge on any atom is -0.300 e. The van der Waals surface area contributed by atoms with E-state index in [1.54, 1.807) is 0 Å². The SMILES string of the molecule is CC1CC(=O)CCCCCCCCCC2CC2C1.CC1CC(=O)CCCCCCCCCCC2CC12.CC1CC=CCCCCCCCCCC(=O)C1. The van der Waals surface area contributed by atoms with E-state index in [2.05, 4.69) is 32.9 Å². The van der Waals surface area contributed by atoms with Crippen LogP contribution in [0.1, 0.15) is 245 Å². The average molecular weight is 737 g/mol. The molecule has 4 fully saturated rings. The zero-order valence-corrected chi connectivity index (χ0v) is 35.7.